The number of aromatic nitrogens is 2. The molecular formula is C27H29F4N5O4. The maximum absolute atomic E-state index is 14.6. The Morgan fingerprint density at radius 3 is 2.45 bits per heavy atom. The van der Waals surface area contributed by atoms with Crippen molar-refractivity contribution in [2.24, 2.45) is 5.92 Å². The van der Waals surface area contributed by atoms with E-state index in [1.54, 1.807) is 42.6 Å². The van der Waals surface area contributed by atoms with Gasteiger partial charge in [-0.1, -0.05) is 12.1 Å². The molecule has 1 heterocycles. The number of nitrogens with one attached hydrogen (secondary N) is 3. The summed E-state index contributed by atoms with van der Waals surface area (Å²) in [4.78, 5) is 31.9. The molecule has 2 amide bonds. The van der Waals surface area contributed by atoms with E-state index in [1.807, 2.05) is 0 Å². The Labute approximate surface area is 227 Å². The predicted octanol–water partition coefficient (Wildman–Crippen LogP) is 4.56. The molecule has 1 aromatic heterocycles. The Morgan fingerprint density at radius 2 is 1.75 bits per heavy atom. The van der Waals surface area contributed by atoms with Crippen molar-refractivity contribution in [2.45, 2.75) is 44.9 Å². The first kappa shape index (κ1) is 28.8. The maximum atomic E-state index is 14.6. The van der Waals surface area contributed by atoms with Gasteiger partial charge in [0.25, 0.3) is 0 Å². The number of hydrogen-bond donors (Lipinski definition) is 3. The smallest absolute Gasteiger partial charge is 0.471 e. The Hall–Kier alpha value is -4.16. The van der Waals surface area contributed by atoms with Crippen molar-refractivity contribution in [2.75, 3.05) is 25.5 Å². The van der Waals surface area contributed by atoms with Crippen molar-refractivity contribution in [3.8, 4) is 11.5 Å². The summed E-state index contributed by atoms with van der Waals surface area (Å²) < 4.78 is 63.1. The van der Waals surface area contributed by atoms with E-state index in [9.17, 15) is 27.2 Å². The van der Waals surface area contributed by atoms with E-state index in [1.165, 1.54) is 13.4 Å². The van der Waals surface area contributed by atoms with Crippen LogP contribution in [0.15, 0.2) is 36.7 Å². The molecule has 2 aromatic carbocycles. The molecule has 1 saturated carbocycles. The molecular weight excluding hydrogens is 534 g/mol. The molecule has 13 heteroatoms. The number of methoxy groups -OCH3 is 1. The van der Waals surface area contributed by atoms with E-state index >= 15 is 0 Å². The first-order valence-corrected chi connectivity index (χ1v) is 12.7. The fourth-order valence-corrected chi connectivity index (χ4v) is 4.52. The lowest BCUT2D eigenvalue weighted by atomic mass is 9.86. The van der Waals surface area contributed by atoms with Crippen LogP contribution in [0.1, 0.15) is 31.2 Å². The molecule has 0 radical (unpaired) electrons. The van der Waals surface area contributed by atoms with Crippen LogP contribution in [0.5, 0.6) is 11.5 Å². The Morgan fingerprint density at radius 1 is 1.02 bits per heavy atom. The number of halogens is 4. The molecule has 214 valence electrons. The van der Waals surface area contributed by atoms with Crippen molar-refractivity contribution < 1.29 is 36.6 Å². The normalized spacial score (nSPS) is 17.2. The molecule has 1 aliphatic carbocycles. The summed E-state index contributed by atoms with van der Waals surface area (Å²) in [7, 11) is 1.51. The number of amides is 2. The molecule has 0 atom stereocenters. The van der Waals surface area contributed by atoms with E-state index in [0.717, 1.165) is 0 Å². The van der Waals surface area contributed by atoms with Gasteiger partial charge in [-0.15, -0.1) is 0 Å². The van der Waals surface area contributed by atoms with E-state index in [2.05, 4.69) is 20.6 Å². The second kappa shape index (κ2) is 12.3. The number of carbonyl (C=O) groups excluding carboxylic acids is 2. The maximum Gasteiger partial charge on any atom is 0.471 e. The van der Waals surface area contributed by atoms with Crippen molar-refractivity contribution in [1.82, 2.24) is 20.6 Å². The molecule has 4 rings (SSSR count). The van der Waals surface area contributed by atoms with Crippen LogP contribution in [-0.2, 0) is 9.59 Å². The first-order valence-electron chi connectivity index (χ1n) is 12.7. The van der Waals surface area contributed by atoms with Gasteiger partial charge < -0.3 is 25.4 Å². The van der Waals surface area contributed by atoms with Crippen LogP contribution in [-0.4, -0.2) is 54.3 Å². The highest BCUT2D eigenvalue weighted by Crippen LogP contribution is 2.37. The van der Waals surface area contributed by atoms with Gasteiger partial charge in [-0.05, 0) is 50.3 Å². The standard InChI is InChI=1S/C27H29F4N5O4/c1-15-4-3-5-19(23(15)28)36-24-18-12-22(21(39-2)13-20(18)34-14-35-24)40-17-8-6-16(7-9-17)25(37)32-10-11-33-26(38)27(29,30)31/h3-5,12-14,16-17H,6-11H2,1-2H3,(H,32,37)(H,33,38)(H,34,35,36). The number of carbonyl (C=O) groups is 2. The molecule has 3 N–H and O–H groups in total. The summed E-state index contributed by atoms with van der Waals surface area (Å²) in [6.07, 6.45) is -1.64. The third-order valence-corrected chi connectivity index (χ3v) is 6.67. The van der Waals surface area contributed by atoms with Gasteiger partial charge in [0, 0.05) is 30.5 Å². The van der Waals surface area contributed by atoms with Gasteiger partial charge >= 0.3 is 12.1 Å². The molecule has 0 unspecified atom stereocenters. The predicted molar refractivity (Wildman–Crippen MR) is 139 cm³/mol. The molecule has 0 aliphatic heterocycles. The molecule has 1 aliphatic rings. The Kier molecular flexibility index (Phi) is 8.90. The van der Waals surface area contributed by atoms with Gasteiger partial charge in [-0.25, -0.2) is 14.4 Å². The monoisotopic (exact) mass is 563 g/mol. The second-order valence-electron chi connectivity index (χ2n) is 9.44. The van der Waals surface area contributed by atoms with Gasteiger partial charge in [0.2, 0.25) is 5.91 Å². The zero-order valence-electron chi connectivity index (χ0n) is 21.9. The molecule has 1 fully saturated rings. The minimum atomic E-state index is -4.96. The third kappa shape index (κ3) is 6.88. The fraction of sp³-hybridized carbons (Fsp3) is 0.407. The number of nitrogens with zero attached hydrogens (tertiary/aromatic N) is 2. The van der Waals surface area contributed by atoms with Crippen LogP contribution in [0.3, 0.4) is 0 Å². The molecule has 0 bridgehead atoms. The Bertz CT molecular complexity index is 1380. The van der Waals surface area contributed by atoms with Gasteiger partial charge in [0.1, 0.15) is 18.0 Å². The minimum absolute atomic E-state index is 0.101. The zero-order valence-corrected chi connectivity index (χ0v) is 21.9. The molecule has 9 nitrogen and oxygen atoms in total. The molecule has 0 saturated heterocycles. The minimum Gasteiger partial charge on any atom is -0.493 e. The van der Waals surface area contributed by atoms with Crippen molar-refractivity contribution in [3.05, 3.63) is 48.0 Å². The molecule has 3 aromatic rings. The topological polar surface area (TPSA) is 114 Å². The summed E-state index contributed by atoms with van der Waals surface area (Å²) in [5.41, 5.74) is 1.34. The van der Waals surface area contributed by atoms with Crippen LogP contribution in [0.2, 0.25) is 0 Å². The highest BCUT2D eigenvalue weighted by molar-refractivity contribution is 5.93. The lowest BCUT2D eigenvalue weighted by molar-refractivity contribution is -0.173. The molecule has 40 heavy (non-hydrogen) atoms. The summed E-state index contributed by atoms with van der Waals surface area (Å²) in [6.45, 7) is 1.25. The highest BCUT2D eigenvalue weighted by atomic mass is 19.4. The lowest BCUT2D eigenvalue weighted by Gasteiger charge is -2.29. The number of aryl methyl sites for hydroxylation is 1. The first-order chi connectivity index (χ1) is 19.1. The van der Waals surface area contributed by atoms with Crippen molar-refractivity contribution in [3.63, 3.8) is 0 Å². The number of anilines is 2. The van der Waals surface area contributed by atoms with Gasteiger partial charge in [0.15, 0.2) is 11.5 Å². The number of fused-ring (bicyclic) bond motifs is 1. The van der Waals surface area contributed by atoms with Crippen LogP contribution >= 0.6 is 0 Å². The van der Waals surface area contributed by atoms with Gasteiger partial charge in [-0.2, -0.15) is 13.2 Å². The second-order valence-corrected chi connectivity index (χ2v) is 9.44. The number of alkyl halides is 3. The summed E-state index contributed by atoms with van der Waals surface area (Å²) in [5, 5.41) is 7.92. The van der Waals surface area contributed by atoms with Gasteiger partial charge in [0.05, 0.1) is 24.4 Å². The van der Waals surface area contributed by atoms with Crippen LogP contribution in [0.25, 0.3) is 10.9 Å². The van der Waals surface area contributed by atoms with E-state index in [0.29, 0.717) is 59.5 Å². The van der Waals surface area contributed by atoms with Crippen molar-refractivity contribution in [1.29, 1.82) is 0 Å². The fourth-order valence-electron chi connectivity index (χ4n) is 4.52. The zero-order chi connectivity index (χ0) is 28.9. The number of benzene rings is 2. The quantitative estimate of drug-likeness (QED) is 0.258. The molecule has 0 spiro atoms. The average molecular weight is 564 g/mol. The Balaban J connectivity index is 1.38. The van der Waals surface area contributed by atoms with E-state index < -0.39 is 12.1 Å². The number of rotatable bonds is 9. The van der Waals surface area contributed by atoms with Gasteiger partial charge in [-0.3, -0.25) is 9.59 Å². The number of hydrogen-bond acceptors (Lipinski definition) is 7. The summed E-state index contributed by atoms with van der Waals surface area (Å²) in [6, 6.07) is 8.47. The van der Waals surface area contributed by atoms with Crippen LogP contribution in [0, 0.1) is 18.7 Å². The lowest BCUT2D eigenvalue weighted by Crippen LogP contribution is -2.42. The highest BCUT2D eigenvalue weighted by Gasteiger charge is 2.38. The van der Waals surface area contributed by atoms with E-state index in [-0.39, 0.29) is 42.5 Å². The van der Waals surface area contributed by atoms with E-state index in [4.69, 9.17) is 9.47 Å². The SMILES string of the molecule is COc1cc2ncnc(Nc3cccc(C)c3F)c2cc1OC1CCC(C(=O)NCCNC(=O)C(F)(F)F)CC1. The number of ether oxygens (including phenoxy) is 2. The summed E-state index contributed by atoms with van der Waals surface area (Å²) >= 11 is 0. The largest absolute Gasteiger partial charge is 0.493 e. The van der Waals surface area contributed by atoms with Crippen molar-refractivity contribution >= 4 is 34.2 Å². The average Bonchev–Trinajstić information content (AvgIpc) is 2.93. The van der Waals surface area contributed by atoms with Crippen LogP contribution in [0.4, 0.5) is 29.1 Å². The van der Waals surface area contributed by atoms with Crippen LogP contribution < -0.4 is 25.4 Å². The summed E-state index contributed by atoms with van der Waals surface area (Å²) in [5.74, 6) is -1.71. The third-order valence-electron chi connectivity index (χ3n) is 6.67.